The maximum atomic E-state index is 13.2. The molecule has 126 valence electrons. The fourth-order valence-corrected chi connectivity index (χ4v) is 3.39. The summed E-state index contributed by atoms with van der Waals surface area (Å²) in [6, 6.07) is 5.50. The average molecular weight is 335 g/mol. The zero-order valence-electron chi connectivity index (χ0n) is 15.3. The number of aryl methyl sites for hydroxylation is 2. The maximum Gasteiger partial charge on any atom is 0.261 e. The van der Waals surface area contributed by atoms with E-state index in [1.165, 1.54) is 4.57 Å². The summed E-state index contributed by atoms with van der Waals surface area (Å²) in [5.74, 6) is -0.301. The highest BCUT2D eigenvalue weighted by atomic mass is 16.2. The zero-order chi connectivity index (χ0) is 18.6. The van der Waals surface area contributed by atoms with Crippen molar-refractivity contribution in [3.8, 4) is 0 Å². The van der Waals surface area contributed by atoms with Gasteiger partial charge in [0.15, 0.2) is 0 Å². The van der Waals surface area contributed by atoms with Gasteiger partial charge in [-0.15, -0.1) is 0 Å². The van der Waals surface area contributed by atoms with E-state index in [2.05, 4.69) is 10.3 Å². The molecule has 25 heavy (non-hydrogen) atoms. The van der Waals surface area contributed by atoms with Crippen molar-refractivity contribution in [2.24, 2.45) is 0 Å². The SMILES string of the molecule is BC1(B)CC[C@](B)(n2c(C)nc3ccc(C)cc3c2=O)C(=O)NC1=O. The van der Waals surface area contributed by atoms with Crippen molar-refractivity contribution in [1.29, 1.82) is 0 Å². The molecule has 6 nitrogen and oxygen atoms in total. The van der Waals surface area contributed by atoms with Crippen molar-refractivity contribution in [3.05, 3.63) is 39.9 Å². The van der Waals surface area contributed by atoms with Crippen molar-refractivity contribution in [2.45, 2.75) is 37.3 Å². The van der Waals surface area contributed by atoms with Gasteiger partial charge in [-0.1, -0.05) is 18.1 Å². The van der Waals surface area contributed by atoms with Crippen molar-refractivity contribution in [1.82, 2.24) is 14.9 Å². The van der Waals surface area contributed by atoms with Crippen LogP contribution in [0.2, 0.25) is 5.21 Å². The molecule has 1 saturated heterocycles. The van der Waals surface area contributed by atoms with Crippen LogP contribution in [0.15, 0.2) is 23.0 Å². The summed E-state index contributed by atoms with van der Waals surface area (Å²) in [5, 5.41) is 2.29. The fraction of sp³-hybridized carbons (Fsp3) is 0.375. The topological polar surface area (TPSA) is 81.1 Å². The first-order valence-corrected chi connectivity index (χ1v) is 8.43. The van der Waals surface area contributed by atoms with E-state index >= 15 is 0 Å². The van der Waals surface area contributed by atoms with Gasteiger partial charge in [0.1, 0.15) is 29.4 Å². The molecule has 2 heterocycles. The molecule has 1 aromatic carbocycles. The van der Waals surface area contributed by atoms with Crippen LogP contribution in [0.4, 0.5) is 0 Å². The highest BCUT2D eigenvalue weighted by Gasteiger charge is 2.45. The van der Waals surface area contributed by atoms with E-state index in [-0.39, 0.29) is 11.5 Å². The summed E-state index contributed by atoms with van der Waals surface area (Å²) in [4.78, 5) is 42.8. The van der Waals surface area contributed by atoms with Crippen LogP contribution < -0.4 is 10.9 Å². The van der Waals surface area contributed by atoms with Gasteiger partial charge in [-0.3, -0.25) is 24.3 Å². The number of nitrogens with zero attached hydrogens (tertiary/aromatic N) is 2. The molecule has 1 atom stereocenters. The lowest BCUT2D eigenvalue weighted by Gasteiger charge is -2.30. The largest absolute Gasteiger partial charge is 0.296 e. The summed E-state index contributed by atoms with van der Waals surface area (Å²) in [5.41, 5.74) is 0.151. The molecule has 1 aliphatic heterocycles. The molecule has 2 aromatic rings. The third-order valence-electron chi connectivity index (χ3n) is 5.25. The van der Waals surface area contributed by atoms with Gasteiger partial charge in [0, 0.05) is 0 Å². The molecule has 9 heteroatoms. The Labute approximate surface area is 148 Å². The molecule has 2 amide bonds. The Hall–Kier alpha value is -2.31. The van der Waals surface area contributed by atoms with Crippen LogP contribution >= 0.6 is 0 Å². The molecule has 0 unspecified atom stereocenters. The fourth-order valence-electron chi connectivity index (χ4n) is 3.39. The number of rotatable bonds is 1. The van der Waals surface area contributed by atoms with Gasteiger partial charge < -0.3 is 0 Å². The Balaban J connectivity index is 2.25. The van der Waals surface area contributed by atoms with Crippen molar-refractivity contribution in [2.75, 3.05) is 0 Å². The second-order valence-corrected chi connectivity index (χ2v) is 7.76. The summed E-state index contributed by atoms with van der Waals surface area (Å²) in [6.45, 7) is 3.63. The smallest absolute Gasteiger partial charge is 0.261 e. The summed E-state index contributed by atoms with van der Waals surface area (Å²) in [6.07, 6.45) is 0.885. The highest BCUT2D eigenvalue weighted by molar-refractivity contribution is 6.52. The van der Waals surface area contributed by atoms with Crippen LogP contribution in [0.3, 0.4) is 0 Å². The summed E-state index contributed by atoms with van der Waals surface area (Å²) in [7, 11) is 5.31. The van der Waals surface area contributed by atoms with E-state index in [0.29, 0.717) is 29.6 Å². The van der Waals surface area contributed by atoms with E-state index < -0.39 is 16.6 Å². The Morgan fingerprint density at radius 3 is 2.44 bits per heavy atom. The monoisotopic (exact) mass is 335 g/mol. The first kappa shape index (κ1) is 17.5. The number of hydrogen-bond donors (Lipinski definition) is 1. The van der Waals surface area contributed by atoms with Crippen LogP contribution in [0.25, 0.3) is 10.9 Å². The Morgan fingerprint density at radius 1 is 1.08 bits per heavy atom. The van der Waals surface area contributed by atoms with E-state index in [4.69, 9.17) is 0 Å². The predicted octanol–water partition coefficient (Wildman–Crippen LogP) is -1.88. The second kappa shape index (κ2) is 5.61. The first-order valence-electron chi connectivity index (χ1n) is 8.43. The van der Waals surface area contributed by atoms with Crippen LogP contribution in [0.5, 0.6) is 0 Å². The summed E-state index contributed by atoms with van der Waals surface area (Å²) >= 11 is 0. The molecule has 1 aromatic heterocycles. The molecule has 0 saturated carbocycles. The Morgan fingerprint density at radius 2 is 1.76 bits per heavy atom. The van der Waals surface area contributed by atoms with Crippen LogP contribution in [0, 0.1) is 13.8 Å². The molecule has 0 bridgehead atoms. The minimum atomic E-state index is -1.16. The molecule has 0 radical (unpaired) electrons. The molecule has 0 spiro atoms. The van der Waals surface area contributed by atoms with E-state index in [0.717, 1.165) is 5.56 Å². The molecule has 1 fully saturated rings. The van der Waals surface area contributed by atoms with Crippen molar-refractivity contribution < 1.29 is 9.59 Å². The van der Waals surface area contributed by atoms with Crippen molar-refractivity contribution >= 4 is 46.3 Å². The van der Waals surface area contributed by atoms with Gasteiger partial charge in [0.2, 0.25) is 11.8 Å². The van der Waals surface area contributed by atoms with Crippen LogP contribution in [0.1, 0.15) is 24.2 Å². The standard InChI is InChI=1S/C16H20B3N3O3/c1-8-3-4-11-10(7-8)12(23)22(9(2)20-11)16(19)6-5-15(17,18)13(24)21-14(16)25/h3-4,7H,5-6,17-19H2,1-2H3,(H,21,24,25)/t16-/m0/s1. The van der Waals surface area contributed by atoms with E-state index in [9.17, 15) is 14.4 Å². The molecular weight excluding hydrogens is 315 g/mol. The number of imide groups is 1. The zero-order valence-corrected chi connectivity index (χ0v) is 15.3. The lowest BCUT2D eigenvalue weighted by Crippen LogP contribution is -2.54. The van der Waals surface area contributed by atoms with Gasteiger partial charge in [-0.25, -0.2) is 4.98 Å². The minimum Gasteiger partial charge on any atom is -0.296 e. The van der Waals surface area contributed by atoms with E-state index in [1.807, 2.05) is 19.1 Å². The lowest BCUT2D eigenvalue weighted by atomic mass is 9.51. The second-order valence-electron chi connectivity index (χ2n) is 7.76. The van der Waals surface area contributed by atoms with Gasteiger partial charge in [-0.2, -0.15) is 0 Å². The normalized spacial score (nSPS) is 23.3. The number of aromatic nitrogens is 2. The Kier molecular flexibility index (Phi) is 3.93. The molecular formula is C16H20B3N3O3. The number of carbonyl (C=O) groups excluding carboxylic acids is 2. The van der Waals surface area contributed by atoms with E-state index in [1.54, 1.807) is 36.5 Å². The number of hydrogen-bond acceptors (Lipinski definition) is 4. The third kappa shape index (κ3) is 2.71. The third-order valence-corrected chi connectivity index (χ3v) is 5.25. The number of carbonyl (C=O) groups is 2. The van der Waals surface area contributed by atoms with Crippen molar-refractivity contribution in [3.63, 3.8) is 0 Å². The van der Waals surface area contributed by atoms with Gasteiger partial charge in [0.25, 0.3) is 5.56 Å². The minimum absolute atomic E-state index is 0.254. The predicted molar refractivity (Wildman–Crippen MR) is 104 cm³/mol. The number of nitrogens with one attached hydrogen (secondary N) is 1. The van der Waals surface area contributed by atoms with Crippen LogP contribution in [-0.2, 0) is 15.0 Å². The highest BCUT2D eigenvalue weighted by Crippen LogP contribution is 2.33. The average Bonchev–Trinajstić information content (AvgIpc) is 2.60. The molecule has 0 aliphatic carbocycles. The van der Waals surface area contributed by atoms with Crippen LogP contribution in [-0.4, -0.2) is 44.9 Å². The van der Waals surface area contributed by atoms with Gasteiger partial charge in [0.05, 0.1) is 16.3 Å². The molecule has 3 rings (SSSR count). The quantitative estimate of drug-likeness (QED) is 0.489. The maximum absolute atomic E-state index is 13.2. The first-order chi connectivity index (χ1) is 11.6. The summed E-state index contributed by atoms with van der Waals surface area (Å²) < 4.78 is 1.44. The number of fused-ring (bicyclic) bond motifs is 1. The van der Waals surface area contributed by atoms with Gasteiger partial charge in [-0.05, 0) is 37.6 Å². The number of benzene rings is 1. The Bertz CT molecular complexity index is 970. The molecule has 1 aliphatic rings. The lowest BCUT2D eigenvalue weighted by molar-refractivity contribution is -0.132. The van der Waals surface area contributed by atoms with Gasteiger partial charge >= 0.3 is 0 Å². The number of amides is 2. The molecule has 1 N–H and O–H groups in total.